The second-order valence-corrected chi connectivity index (χ2v) is 6.65. The van der Waals surface area contributed by atoms with Crippen LogP contribution in [0, 0.1) is 5.82 Å². The van der Waals surface area contributed by atoms with Gasteiger partial charge in [-0.1, -0.05) is 43.7 Å². The van der Waals surface area contributed by atoms with Crippen LogP contribution >= 0.6 is 11.6 Å². The van der Waals surface area contributed by atoms with Crippen LogP contribution in [0.5, 0.6) is 0 Å². The molecule has 1 aromatic rings. The standard InChI is InChI=1S/C18H24ClFN2O2/c19-16-12-13(20)8-9-15(16)18(24)21-11-10-17(23)22-14-6-4-2-1-3-5-7-14/h8-9,12,14H,1-7,10-11H2,(H,21,24)(H,22,23). The Morgan fingerprint density at radius 1 is 1.12 bits per heavy atom. The minimum atomic E-state index is -0.491. The number of halogens is 2. The van der Waals surface area contributed by atoms with Crippen LogP contribution in [0.2, 0.25) is 5.02 Å². The molecule has 0 radical (unpaired) electrons. The highest BCUT2D eigenvalue weighted by molar-refractivity contribution is 6.33. The third-order valence-corrected chi connectivity index (χ3v) is 4.60. The summed E-state index contributed by atoms with van der Waals surface area (Å²) in [7, 11) is 0. The summed E-state index contributed by atoms with van der Waals surface area (Å²) in [6.45, 7) is 0.227. The SMILES string of the molecule is O=C(CCNC(=O)c1ccc(F)cc1Cl)NC1CCCCCCC1. The lowest BCUT2D eigenvalue weighted by molar-refractivity contribution is -0.121. The average molecular weight is 355 g/mol. The van der Waals surface area contributed by atoms with Crippen LogP contribution < -0.4 is 10.6 Å². The minimum Gasteiger partial charge on any atom is -0.353 e. The second-order valence-electron chi connectivity index (χ2n) is 6.24. The number of hydrogen-bond donors (Lipinski definition) is 2. The van der Waals surface area contributed by atoms with E-state index in [-0.39, 0.29) is 35.5 Å². The predicted molar refractivity (Wildman–Crippen MR) is 92.6 cm³/mol. The van der Waals surface area contributed by atoms with Gasteiger partial charge in [0.2, 0.25) is 5.91 Å². The molecule has 2 rings (SSSR count). The second kappa shape index (κ2) is 9.62. The summed E-state index contributed by atoms with van der Waals surface area (Å²) < 4.78 is 13.0. The Morgan fingerprint density at radius 2 is 1.79 bits per heavy atom. The first kappa shape index (κ1) is 18.7. The fraction of sp³-hybridized carbons (Fsp3) is 0.556. The van der Waals surface area contributed by atoms with Crippen LogP contribution in [-0.4, -0.2) is 24.4 Å². The van der Waals surface area contributed by atoms with Gasteiger partial charge in [0.15, 0.2) is 0 Å². The number of carbonyl (C=O) groups excluding carboxylic acids is 2. The van der Waals surface area contributed by atoms with Gasteiger partial charge in [-0.25, -0.2) is 4.39 Å². The Morgan fingerprint density at radius 3 is 2.46 bits per heavy atom. The highest BCUT2D eigenvalue weighted by Gasteiger charge is 2.15. The van der Waals surface area contributed by atoms with E-state index in [0.29, 0.717) is 0 Å². The lowest BCUT2D eigenvalue weighted by atomic mass is 9.96. The van der Waals surface area contributed by atoms with E-state index in [1.807, 2.05) is 0 Å². The van der Waals surface area contributed by atoms with Crippen molar-refractivity contribution in [1.29, 1.82) is 0 Å². The molecular weight excluding hydrogens is 331 g/mol. The van der Waals surface area contributed by atoms with E-state index >= 15 is 0 Å². The lowest BCUT2D eigenvalue weighted by Gasteiger charge is -2.21. The number of nitrogens with one attached hydrogen (secondary N) is 2. The van der Waals surface area contributed by atoms with Gasteiger partial charge in [-0.3, -0.25) is 9.59 Å². The summed E-state index contributed by atoms with van der Waals surface area (Å²) in [5.74, 6) is -0.944. The molecule has 0 unspecified atom stereocenters. The van der Waals surface area contributed by atoms with E-state index in [1.54, 1.807) is 0 Å². The van der Waals surface area contributed by atoms with Gasteiger partial charge >= 0.3 is 0 Å². The summed E-state index contributed by atoms with van der Waals surface area (Å²) in [6, 6.07) is 3.86. The molecule has 0 heterocycles. The first-order valence-corrected chi connectivity index (χ1v) is 8.96. The molecule has 132 valence electrons. The topological polar surface area (TPSA) is 58.2 Å². The molecule has 1 aromatic carbocycles. The zero-order valence-corrected chi connectivity index (χ0v) is 14.5. The van der Waals surface area contributed by atoms with Crippen molar-refractivity contribution < 1.29 is 14.0 Å². The smallest absolute Gasteiger partial charge is 0.252 e. The summed E-state index contributed by atoms with van der Waals surface area (Å²) >= 11 is 5.84. The van der Waals surface area contributed by atoms with Crippen LogP contribution in [0.15, 0.2) is 18.2 Å². The number of hydrogen-bond acceptors (Lipinski definition) is 2. The van der Waals surface area contributed by atoms with Gasteiger partial charge in [0.1, 0.15) is 5.82 Å². The lowest BCUT2D eigenvalue weighted by Crippen LogP contribution is -2.37. The monoisotopic (exact) mass is 354 g/mol. The third kappa shape index (κ3) is 6.11. The van der Waals surface area contributed by atoms with Gasteiger partial charge in [-0.05, 0) is 31.0 Å². The molecule has 0 aliphatic heterocycles. The zero-order chi connectivity index (χ0) is 17.4. The Bertz CT molecular complexity index is 572. The molecule has 0 atom stereocenters. The molecule has 0 aromatic heterocycles. The molecule has 1 saturated carbocycles. The van der Waals surface area contributed by atoms with Crippen LogP contribution in [0.3, 0.4) is 0 Å². The zero-order valence-electron chi connectivity index (χ0n) is 13.7. The molecule has 0 saturated heterocycles. The summed E-state index contributed by atoms with van der Waals surface area (Å²) in [5, 5.41) is 5.76. The number of amides is 2. The van der Waals surface area contributed by atoms with Crippen LogP contribution in [0.4, 0.5) is 4.39 Å². The van der Waals surface area contributed by atoms with Crippen molar-refractivity contribution in [3.63, 3.8) is 0 Å². The normalized spacial score (nSPS) is 16.1. The van der Waals surface area contributed by atoms with Crippen molar-refractivity contribution in [1.82, 2.24) is 10.6 Å². The maximum atomic E-state index is 13.0. The molecule has 0 bridgehead atoms. The van der Waals surface area contributed by atoms with E-state index in [2.05, 4.69) is 10.6 Å². The maximum Gasteiger partial charge on any atom is 0.252 e. The predicted octanol–water partition coefficient (Wildman–Crippen LogP) is 3.83. The summed E-state index contributed by atoms with van der Waals surface area (Å²) in [5.41, 5.74) is 0.207. The van der Waals surface area contributed by atoms with Crippen LogP contribution in [-0.2, 0) is 4.79 Å². The fourth-order valence-corrected chi connectivity index (χ4v) is 3.21. The fourth-order valence-electron chi connectivity index (χ4n) is 2.96. The van der Waals surface area contributed by atoms with Gasteiger partial charge in [0.25, 0.3) is 5.91 Å². The Labute approximate surface area is 147 Å². The summed E-state index contributed by atoms with van der Waals surface area (Å²) in [4.78, 5) is 24.0. The van der Waals surface area contributed by atoms with Crippen LogP contribution in [0.25, 0.3) is 0 Å². The number of benzene rings is 1. The molecule has 0 spiro atoms. The van der Waals surface area contributed by atoms with Crippen LogP contribution in [0.1, 0.15) is 61.7 Å². The van der Waals surface area contributed by atoms with E-state index in [9.17, 15) is 14.0 Å². The van der Waals surface area contributed by atoms with Gasteiger partial charge in [-0.15, -0.1) is 0 Å². The van der Waals surface area contributed by atoms with E-state index < -0.39 is 11.7 Å². The molecule has 24 heavy (non-hydrogen) atoms. The summed E-state index contributed by atoms with van der Waals surface area (Å²) in [6.07, 6.45) is 8.36. The van der Waals surface area contributed by atoms with Crippen molar-refractivity contribution in [3.8, 4) is 0 Å². The number of rotatable bonds is 5. The first-order chi connectivity index (χ1) is 11.6. The minimum absolute atomic E-state index is 0.0499. The van der Waals surface area contributed by atoms with E-state index in [1.165, 1.54) is 31.4 Å². The van der Waals surface area contributed by atoms with E-state index in [4.69, 9.17) is 11.6 Å². The van der Waals surface area contributed by atoms with Gasteiger partial charge in [-0.2, -0.15) is 0 Å². The van der Waals surface area contributed by atoms with Gasteiger partial charge in [0.05, 0.1) is 10.6 Å². The molecule has 1 aliphatic rings. The first-order valence-electron chi connectivity index (χ1n) is 8.59. The average Bonchev–Trinajstić information content (AvgIpc) is 2.49. The number of carbonyl (C=O) groups is 2. The van der Waals surface area contributed by atoms with Crippen molar-refractivity contribution in [2.45, 2.75) is 57.4 Å². The Hall–Kier alpha value is -1.62. The van der Waals surface area contributed by atoms with Gasteiger partial charge in [0, 0.05) is 19.0 Å². The van der Waals surface area contributed by atoms with E-state index in [0.717, 1.165) is 31.7 Å². The molecule has 1 aliphatic carbocycles. The Balaban J connectivity index is 1.72. The largest absolute Gasteiger partial charge is 0.353 e. The van der Waals surface area contributed by atoms with Crippen molar-refractivity contribution >= 4 is 23.4 Å². The van der Waals surface area contributed by atoms with Crippen molar-refractivity contribution in [2.75, 3.05) is 6.54 Å². The van der Waals surface area contributed by atoms with Crippen molar-refractivity contribution in [3.05, 3.63) is 34.6 Å². The third-order valence-electron chi connectivity index (χ3n) is 4.28. The molecule has 2 amide bonds. The maximum absolute atomic E-state index is 13.0. The molecule has 2 N–H and O–H groups in total. The molecule has 1 fully saturated rings. The Kier molecular flexibility index (Phi) is 7.50. The highest BCUT2D eigenvalue weighted by atomic mass is 35.5. The highest BCUT2D eigenvalue weighted by Crippen LogP contribution is 2.18. The molecular formula is C18H24ClFN2O2. The molecule has 6 heteroatoms. The van der Waals surface area contributed by atoms with Crippen molar-refractivity contribution in [2.24, 2.45) is 0 Å². The molecule has 4 nitrogen and oxygen atoms in total. The quantitative estimate of drug-likeness (QED) is 0.844. The van der Waals surface area contributed by atoms with Gasteiger partial charge < -0.3 is 10.6 Å².